The number of aromatic carboxylic acids is 1. The zero-order valence-corrected chi connectivity index (χ0v) is 18.3. The summed E-state index contributed by atoms with van der Waals surface area (Å²) < 4.78 is 0. The first kappa shape index (κ1) is 19.6. The average Bonchev–Trinajstić information content (AvgIpc) is 3.23. The van der Waals surface area contributed by atoms with Crippen LogP contribution in [0.4, 0.5) is 0 Å². The van der Waals surface area contributed by atoms with E-state index in [0.717, 1.165) is 11.8 Å². The van der Waals surface area contributed by atoms with Crippen LogP contribution in [0.3, 0.4) is 0 Å². The SMILES string of the molecule is O=C(O)c1[nH]c2cc(Cl)cc(Cl)c2c1C=C1CNN(C2C3CC4CC(C3)CC2C4)C1=O. The minimum atomic E-state index is -1.11. The summed E-state index contributed by atoms with van der Waals surface area (Å²) in [5, 5.41) is 12.9. The lowest BCUT2D eigenvalue weighted by molar-refractivity contribution is -0.140. The number of carbonyl (C=O) groups excluding carboxylic acids is 1. The Morgan fingerprint density at radius 3 is 2.42 bits per heavy atom. The molecule has 162 valence electrons. The average molecular weight is 460 g/mol. The topological polar surface area (TPSA) is 85.4 Å². The first-order chi connectivity index (χ1) is 14.9. The number of nitrogens with zero attached hydrogens (tertiary/aromatic N) is 1. The number of carbonyl (C=O) groups is 2. The molecule has 5 fully saturated rings. The number of nitrogens with one attached hydrogen (secondary N) is 2. The van der Waals surface area contributed by atoms with Gasteiger partial charge in [0.2, 0.25) is 0 Å². The number of hydrogen-bond donors (Lipinski definition) is 3. The van der Waals surface area contributed by atoms with Gasteiger partial charge < -0.3 is 10.1 Å². The van der Waals surface area contributed by atoms with Crippen LogP contribution in [0.5, 0.6) is 0 Å². The fourth-order valence-electron chi connectivity index (χ4n) is 6.90. The number of benzene rings is 1. The molecule has 5 aliphatic rings. The largest absolute Gasteiger partial charge is 0.477 e. The molecule has 0 unspecified atom stereocenters. The maximum Gasteiger partial charge on any atom is 0.352 e. The van der Waals surface area contributed by atoms with E-state index in [9.17, 15) is 14.7 Å². The van der Waals surface area contributed by atoms with Crippen molar-refractivity contribution >= 4 is 52.1 Å². The van der Waals surface area contributed by atoms with Gasteiger partial charge in [-0.2, -0.15) is 0 Å². The number of hydrogen-bond acceptors (Lipinski definition) is 3. The quantitative estimate of drug-likeness (QED) is 0.579. The van der Waals surface area contributed by atoms with Gasteiger partial charge in [0.05, 0.1) is 11.1 Å². The van der Waals surface area contributed by atoms with Gasteiger partial charge in [0.25, 0.3) is 5.91 Å². The van der Waals surface area contributed by atoms with Crippen molar-refractivity contribution < 1.29 is 14.7 Å². The molecule has 0 spiro atoms. The number of halogens is 2. The van der Waals surface area contributed by atoms with Gasteiger partial charge >= 0.3 is 5.97 Å². The van der Waals surface area contributed by atoms with Crippen molar-refractivity contribution in [3.8, 4) is 0 Å². The third-order valence-corrected chi connectivity index (χ3v) is 8.31. The van der Waals surface area contributed by atoms with Gasteiger partial charge in [-0.25, -0.2) is 10.2 Å². The molecule has 2 heterocycles. The van der Waals surface area contributed by atoms with Gasteiger partial charge in [-0.15, -0.1) is 0 Å². The Labute approximate surface area is 189 Å². The zero-order valence-electron chi connectivity index (χ0n) is 16.8. The summed E-state index contributed by atoms with van der Waals surface area (Å²) in [6, 6.07) is 3.48. The Morgan fingerprint density at radius 1 is 1.10 bits per heavy atom. The van der Waals surface area contributed by atoms with Crippen LogP contribution in [0.2, 0.25) is 10.0 Å². The van der Waals surface area contributed by atoms with Gasteiger partial charge in [0.1, 0.15) is 5.69 Å². The fraction of sp³-hybridized carbons (Fsp3) is 0.478. The van der Waals surface area contributed by atoms with Crippen LogP contribution in [-0.4, -0.2) is 39.6 Å². The van der Waals surface area contributed by atoms with Gasteiger partial charge in [0.15, 0.2) is 0 Å². The van der Waals surface area contributed by atoms with Crippen molar-refractivity contribution in [3.05, 3.63) is 39.0 Å². The van der Waals surface area contributed by atoms with Gasteiger partial charge in [-0.3, -0.25) is 9.80 Å². The van der Waals surface area contributed by atoms with E-state index in [-0.39, 0.29) is 17.6 Å². The molecule has 0 radical (unpaired) electrons. The summed E-state index contributed by atoms with van der Waals surface area (Å²) in [6.07, 6.45) is 7.95. The van der Waals surface area contributed by atoms with Crippen molar-refractivity contribution in [1.82, 2.24) is 15.4 Å². The van der Waals surface area contributed by atoms with Crippen LogP contribution in [0, 0.1) is 23.7 Å². The molecule has 4 bridgehead atoms. The predicted octanol–water partition coefficient (Wildman–Crippen LogP) is 4.73. The number of H-pyrrole nitrogens is 1. The van der Waals surface area contributed by atoms with Crippen molar-refractivity contribution in [2.75, 3.05) is 6.54 Å². The predicted molar refractivity (Wildman–Crippen MR) is 119 cm³/mol. The van der Waals surface area contributed by atoms with Gasteiger partial charge in [-0.1, -0.05) is 23.2 Å². The lowest BCUT2D eigenvalue weighted by atomic mass is 9.54. The summed E-state index contributed by atoms with van der Waals surface area (Å²) in [6.45, 7) is 0.387. The summed E-state index contributed by atoms with van der Waals surface area (Å²) in [5.74, 6) is 1.67. The second-order valence-electron chi connectivity index (χ2n) is 9.63. The van der Waals surface area contributed by atoms with E-state index >= 15 is 0 Å². The molecule has 1 aromatic carbocycles. The first-order valence-corrected chi connectivity index (χ1v) is 11.7. The Bertz CT molecular complexity index is 1130. The summed E-state index contributed by atoms with van der Waals surface area (Å²) in [5.41, 5.74) is 4.84. The molecule has 7 rings (SSSR count). The second-order valence-corrected chi connectivity index (χ2v) is 10.5. The fourth-order valence-corrected chi connectivity index (χ4v) is 7.50. The number of rotatable bonds is 3. The monoisotopic (exact) mass is 459 g/mol. The number of amides is 1. The smallest absolute Gasteiger partial charge is 0.352 e. The minimum absolute atomic E-state index is 0.00698. The molecule has 1 aromatic heterocycles. The Kier molecular flexibility index (Phi) is 4.43. The standard InChI is InChI=1S/C23H23Cl2N3O3/c24-15-7-17(25)19-16(20(23(30)31)27-18(19)8-15)6-14-9-26-28(22(14)29)21-12-2-10-1-11(4-12)5-13(21)3-10/h6-8,10-13,21,26-27H,1-5,9H2,(H,30,31). The second kappa shape index (κ2) is 6.99. The first-order valence-electron chi connectivity index (χ1n) is 10.9. The summed E-state index contributed by atoms with van der Waals surface area (Å²) in [4.78, 5) is 28.2. The van der Waals surface area contributed by atoms with E-state index in [1.54, 1.807) is 18.2 Å². The van der Waals surface area contributed by atoms with Crippen molar-refractivity contribution in [2.24, 2.45) is 23.7 Å². The molecule has 4 aliphatic carbocycles. The van der Waals surface area contributed by atoms with E-state index < -0.39 is 5.97 Å². The molecular formula is C23H23Cl2N3O3. The van der Waals surface area contributed by atoms with Crippen LogP contribution >= 0.6 is 23.2 Å². The van der Waals surface area contributed by atoms with Crippen LogP contribution < -0.4 is 5.43 Å². The van der Waals surface area contributed by atoms with E-state index in [1.165, 1.54) is 32.1 Å². The molecule has 31 heavy (non-hydrogen) atoms. The summed E-state index contributed by atoms with van der Waals surface area (Å²) in [7, 11) is 0. The zero-order chi connectivity index (χ0) is 21.4. The molecular weight excluding hydrogens is 437 g/mol. The Morgan fingerprint density at radius 2 is 1.77 bits per heavy atom. The highest BCUT2D eigenvalue weighted by atomic mass is 35.5. The van der Waals surface area contributed by atoms with Crippen LogP contribution in [-0.2, 0) is 4.79 Å². The maximum absolute atomic E-state index is 13.4. The number of hydrazine groups is 1. The molecule has 1 aliphatic heterocycles. The lowest BCUT2D eigenvalue weighted by Gasteiger charge is -2.56. The molecule has 3 N–H and O–H groups in total. The maximum atomic E-state index is 13.4. The molecule has 1 amide bonds. The van der Waals surface area contributed by atoms with Crippen molar-refractivity contribution in [2.45, 2.75) is 38.1 Å². The van der Waals surface area contributed by atoms with Crippen molar-refractivity contribution in [1.29, 1.82) is 0 Å². The highest BCUT2D eigenvalue weighted by Gasteiger charge is 2.52. The van der Waals surface area contributed by atoms with E-state index in [0.29, 0.717) is 50.5 Å². The molecule has 0 atom stereocenters. The highest BCUT2D eigenvalue weighted by molar-refractivity contribution is 6.39. The Balaban J connectivity index is 1.37. The molecule has 8 heteroatoms. The molecule has 4 saturated carbocycles. The lowest BCUT2D eigenvalue weighted by Crippen LogP contribution is -2.58. The summed E-state index contributed by atoms with van der Waals surface area (Å²) >= 11 is 12.5. The van der Waals surface area contributed by atoms with Gasteiger partial charge in [-0.05, 0) is 74.0 Å². The van der Waals surface area contributed by atoms with Gasteiger partial charge in [0, 0.05) is 33.6 Å². The van der Waals surface area contributed by atoms with Crippen LogP contribution in [0.1, 0.15) is 48.2 Å². The number of fused-ring (bicyclic) bond motifs is 1. The van der Waals surface area contributed by atoms with E-state index in [1.807, 2.05) is 5.01 Å². The van der Waals surface area contributed by atoms with Crippen molar-refractivity contribution in [3.63, 3.8) is 0 Å². The highest BCUT2D eigenvalue weighted by Crippen LogP contribution is 2.55. The minimum Gasteiger partial charge on any atom is -0.477 e. The molecule has 1 saturated heterocycles. The number of aromatic nitrogens is 1. The third-order valence-electron chi connectivity index (χ3n) is 7.79. The third kappa shape index (κ3) is 3.03. The van der Waals surface area contributed by atoms with E-state index in [2.05, 4.69) is 10.4 Å². The molecule has 2 aromatic rings. The number of aromatic amines is 1. The van der Waals surface area contributed by atoms with E-state index in [4.69, 9.17) is 23.2 Å². The molecule has 6 nitrogen and oxygen atoms in total. The number of carboxylic acid groups (broad SMARTS) is 1. The van der Waals surface area contributed by atoms with Crippen LogP contribution in [0.25, 0.3) is 17.0 Å². The Hall–Kier alpha value is -2.02. The normalized spacial score (nSPS) is 33.2. The number of carboxylic acids is 1. The van der Waals surface area contributed by atoms with Crippen LogP contribution in [0.15, 0.2) is 17.7 Å².